The number of hydrogen-bond donors (Lipinski definition) is 1. The molecule has 0 bridgehead atoms. The first-order chi connectivity index (χ1) is 5.43. The van der Waals surface area contributed by atoms with Crippen LogP contribution in [-0.4, -0.2) is 29.6 Å². The van der Waals surface area contributed by atoms with Crippen molar-refractivity contribution in [2.75, 3.05) is 6.66 Å². The molecule has 2 atom stereocenters. The van der Waals surface area contributed by atoms with Crippen molar-refractivity contribution >= 4 is 19.7 Å². The number of rotatable bonds is 4. The molecule has 0 heterocycles. The van der Waals surface area contributed by atoms with Crippen LogP contribution < -0.4 is 0 Å². The lowest BCUT2D eigenvalue weighted by Gasteiger charge is -2.00. The molecule has 0 rings (SSSR count). The zero-order chi connectivity index (χ0) is 9.72. The highest BCUT2D eigenvalue weighted by atomic mass is 31.1. The minimum absolute atomic E-state index is 0.687. The number of carboxylic acids is 1. The topological polar surface area (TPSA) is 80.7 Å². The van der Waals surface area contributed by atoms with E-state index in [9.17, 15) is 14.2 Å². The van der Waals surface area contributed by atoms with Crippen LogP contribution in [0, 0.1) is 0 Å². The Morgan fingerprint density at radius 2 is 2.08 bits per heavy atom. The van der Waals surface area contributed by atoms with Gasteiger partial charge in [-0.25, -0.2) is 0 Å². The summed E-state index contributed by atoms with van der Waals surface area (Å²) in [4.78, 5) is 20.6. The molecular formula is C6H10O5P+. The van der Waals surface area contributed by atoms with Gasteiger partial charge in [0.2, 0.25) is 0 Å². The molecule has 0 aromatic carbocycles. The summed E-state index contributed by atoms with van der Waals surface area (Å²) in [6.07, 6.45) is -0.687. The van der Waals surface area contributed by atoms with Crippen molar-refractivity contribution in [2.45, 2.75) is 19.2 Å². The Labute approximate surface area is 70.5 Å². The minimum Gasteiger partial charge on any atom is -0.481 e. The van der Waals surface area contributed by atoms with E-state index in [-0.39, 0.29) is 0 Å². The lowest BCUT2D eigenvalue weighted by Crippen LogP contribution is -2.14. The average molecular weight is 193 g/mol. The van der Waals surface area contributed by atoms with Gasteiger partial charge in [0.25, 0.3) is 5.85 Å². The summed E-state index contributed by atoms with van der Waals surface area (Å²) in [6, 6.07) is 0. The molecule has 0 aromatic rings. The molecule has 0 radical (unpaired) electrons. The van der Waals surface area contributed by atoms with Gasteiger partial charge in [0.1, 0.15) is 13.1 Å². The Morgan fingerprint density at radius 3 is 2.42 bits per heavy atom. The first-order valence-electron chi connectivity index (χ1n) is 3.24. The van der Waals surface area contributed by atoms with E-state index in [4.69, 9.17) is 5.11 Å². The monoisotopic (exact) mass is 193 g/mol. The Kier molecular flexibility index (Phi) is 4.44. The Balaban J connectivity index is 3.85. The van der Waals surface area contributed by atoms with Crippen LogP contribution in [-0.2, 0) is 18.9 Å². The number of aliphatic carboxylic acids is 1. The summed E-state index contributed by atoms with van der Waals surface area (Å²) in [5.41, 5.74) is 0. The fourth-order valence-electron chi connectivity index (χ4n) is 0.430. The van der Waals surface area contributed by atoms with Crippen LogP contribution in [0.3, 0.4) is 0 Å². The SMILES string of the molecule is CC(OC(=O)CC(=O)O)[P+](C)=O. The highest BCUT2D eigenvalue weighted by molar-refractivity contribution is 7.44. The molecule has 0 saturated heterocycles. The van der Waals surface area contributed by atoms with E-state index >= 15 is 0 Å². The fourth-order valence-corrected chi connectivity index (χ4v) is 0.696. The number of ether oxygens (including phenoxy) is 1. The smallest absolute Gasteiger partial charge is 0.379 e. The highest BCUT2D eigenvalue weighted by Gasteiger charge is 2.24. The Bertz CT molecular complexity index is 212. The number of carbonyl (C=O) groups excluding carboxylic acids is 1. The number of hydrogen-bond acceptors (Lipinski definition) is 4. The number of carboxylic acid groups (broad SMARTS) is 1. The maximum atomic E-state index is 10.7. The molecule has 6 heteroatoms. The summed E-state index contributed by atoms with van der Waals surface area (Å²) in [6.45, 7) is 2.87. The molecule has 0 aliphatic carbocycles. The molecule has 0 amide bonds. The van der Waals surface area contributed by atoms with E-state index < -0.39 is 32.0 Å². The summed E-state index contributed by atoms with van der Waals surface area (Å²) in [7, 11) is -1.61. The van der Waals surface area contributed by atoms with Crippen LogP contribution >= 0.6 is 7.80 Å². The van der Waals surface area contributed by atoms with Crippen molar-refractivity contribution in [3.8, 4) is 0 Å². The number of esters is 1. The first kappa shape index (κ1) is 11.0. The molecule has 68 valence electrons. The van der Waals surface area contributed by atoms with Crippen molar-refractivity contribution in [2.24, 2.45) is 0 Å². The third-order valence-corrected chi connectivity index (χ3v) is 2.24. The fraction of sp³-hybridized carbons (Fsp3) is 0.667. The second-order valence-corrected chi connectivity index (χ2v) is 4.03. The molecule has 5 nitrogen and oxygen atoms in total. The van der Waals surface area contributed by atoms with Crippen molar-refractivity contribution in [1.29, 1.82) is 0 Å². The molecule has 0 spiro atoms. The minimum atomic E-state index is -1.61. The molecule has 12 heavy (non-hydrogen) atoms. The van der Waals surface area contributed by atoms with Crippen LogP contribution in [0.15, 0.2) is 0 Å². The van der Waals surface area contributed by atoms with Crippen LogP contribution in [0.4, 0.5) is 0 Å². The largest absolute Gasteiger partial charge is 0.481 e. The van der Waals surface area contributed by atoms with Crippen LogP contribution in [0.25, 0.3) is 0 Å². The van der Waals surface area contributed by atoms with Crippen molar-refractivity contribution in [3.63, 3.8) is 0 Å². The zero-order valence-electron chi connectivity index (χ0n) is 6.81. The third-order valence-electron chi connectivity index (χ3n) is 1.11. The predicted molar refractivity (Wildman–Crippen MR) is 41.3 cm³/mol. The highest BCUT2D eigenvalue weighted by Crippen LogP contribution is 2.23. The third kappa shape index (κ3) is 4.79. The van der Waals surface area contributed by atoms with Gasteiger partial charge in [0.15, 0.2) is 0 Å². The van der Waals surface area contributed by atoms with E-state index in [0.29, 0.717) is 0 Å². The average Bonchev–Trinajstić information content (AvgIpc) is 1.84. The predicted octanol–water partition coefficient (Wildman–Crippen LogP) is 0.807. The molecule has 0 saturated carbocycles. The van der Waals surface area contributed by atoms with Crippen molar-refractivity contribution < 1.29 is 24.0 Å². The van der Waals surface area contributed by atoms with Gasteiger partial charge in [-0.15, -0.1) is 0 Å². The lowest BCUT2D eigenvalue weighted by atomic mass is 10.4. The van der Waals surface area contributed by atoms with Gasteiger partial charge in [-0.3, -0.25) is 9.59 Å². The van der Waals surface area contributed by atoms with Gasteiger partial charge in [-0.1, -0.05) is 4.57 Å². The summed E-state index contributed by atoms with van der Waals surface area (Å²) in [5.74, 6) is -2.83. The van der Waals surface area contributed by atoms with Gasteiger partial charge in [-0.05, 0) is 0 Å². The molecule has 0 aliphatic heterocycles. The Hall–Kier alpha value is -0.960. The molecular weight excluding hydrogens is 183 g/mol. The van der Waals surface area contributed by atoms with E-state index in [0.717, 1.165) is 0 Å². The maximum Gasteiger partial charge on any atom is 0.379 e. The van der Waals surface area contributed by atoms with Gasteiger partial charge >= 0.3 is 19.7 Å². The summed E-state index contributed by atoms with van der Waals surface area (Å²) in [5, 5.41) is 8.16. The summed E-state index contributed by atoms with van der Waals surface area (Å²) >= 11 is 0. The normalized spacial score (nSPS) is 13.3. The first-order valence-corrected chi connectivity index (χ1v) is 5.02. The van der Waals surface area contributed by atoms with Gasteiger partial charge in [-0.2, -0.15) is 0 Å². The van der Waals surface area contributed by atoms with Crippen LogP contribution in [0.2, 0.25) is 0 Å². The standard InChI is InChI=1S/C6H9O5P/c1-4(12(2)10)11-6(9)3-5(7)8/h4H,3H2,1-2H3/p+1. The van der Waals surface area contributed by atoms with Crippen molar-refractivity contribution in [1.82, 2.24) is 0 Å². The van der Waals surface area contributed by atoms with Gasteiger partial charge in [0.05, 0.1) is 0 Å². The van der Waals surface area contributed by atoms with E-state index in [1.165, 1.54) is 13.6 Å². The zero-order valence-corrected chi connectivity index (χ0v) is 7.71. The molecule has 2 unspecified atom stereocenters. The van der Waals surface area contributed by atoms with E-state index in [1.807, 2.05) is 0 Å². The Morgan fingerprint density at radius 1 is 1.58 bits per heavy atom. The van der Waals surface area contributed by atoms with Crippen molar-refractivity contribution in [3.05, 3.63) is 0 Å². The van der Waals surface area contributed by atoms with E-state index in [1.54, 1.807) is 0 Å². The molecule has 0 fully saturated rings. The van der Waals surface area contributed by atoms with E-state index in [2.05, 4.69) is 4.74 Å². The second kappa shape index (κ2) is 4.83. The van der Waals surface area contributed by atoms with Gasteiger partial charge < -0.3 is 9.84 Å². The molecule has 1 N–H and O–H groups in total. The number of carbonyl (C=O) groups is 2. The molecule has 0 aliphatic rings. The second-order valence-electron chi connectivity index (χ2n) is 2.21. The molecule has 0 aromatic heterocycles. The van der Waals surface area contributed by atoms with Gasteiger partial charge in [0, 0.05) is 6.92 Å². The van der Waals surface area contributed by atoms with Crippen LogP contribution in [0.5, 0.6) is 0 Å². The van der Waals surface area contributed by atoms with Crippen LogP contribution in [0.1, 0.15) is 13.3 Å². The summed E-state index contributed by atoms with van der Waals surface area (Å²) < 4.78 is 15.2. The quantitative estimate of drug-likeness (QED) is 0.406. The lowest BCUT2D eigenvalue weighted by molar-refractivity contribution is -0.152. The maximum absolute atomic E-state index is 10.7.